The number of nitrogen functional groups attached to an aromatic ring is 1. The number of hydrogen-bond donors (Lipinski definition) is 1. The van der Waals surface area contributed by atoms with Crippen LogP contribution in [0.15, 0.2) is 41.7 Å². The van der Waals surface area contributed by atoms with Crippen molar-refractivity contribution in [2.45, 2.75) is 11.4 Å². The number of rotatable bonds is 6. The fourth-order valence-electron chi connectivity index (χ4n) is 2.38. The number of nitrogens with zero attached hydrogens (tertiary/aromatic N) is 4. The molecule has 0 unspecified atom stereocenters. The van der Waals surface area contributed by atoms with Crippen molar-refractivity contribution >= 4 is 23.5 Å². The van der Waals surface area contributed by atoms with Gasteiger partial charge in [-0.1, -0.05) is 6.07 Å². The van der Waals surface area contributed by atoms with E-state index in [2.05, 4.69) is 19.8 Å². The zero-order valence-corrected chi connectivity index (χ0v) is 16.3. The number of esters is 1. The topological polar surface area (TPSA) is 114 Å². The Bertz CT molecular complexity index is 1070. The van der Waals surface area contributed by atoms with Crippen LogP contribution in [0.1, 0.15) is 10.4 Å². The minimum atomic E-state index is -4.83. The summed E-state index contributed by atoms with van der Waals surface area (Å²) in [6.07, 6.45) is -1.97. The van der Waals surface area contributed by atoms with Gasteiger partial charge in [-0.25, -0.2) is 14.8 Å². The van der Waals surface area contributed by atoms with Gasteiger partial charge in [-0.3, -0.25) is 0 Å². The number of thioether (sulfide) groups is 1. The zero-order chi connectivity index (χ0) is 21.9. The number of alkyl halides is 3. The number of carbonyl (C=O) groups excluding carboxylic acids is 1. The van der Waals surface area contributed by atoms with Crippen LogP contribution in [0.25, 0.3) is 5.82 Å². The number of aromatic nitrogens is 4. The number of nitrogens with two attached hydrogens (primary N) is 1. The van der Waals surface area contributed by atoms with E-state index in [0.29, 0.717) is 5.03 Å². The van der Waals surface area contributed by atoms with Crippen molar-refractivity contribution in [1.29, 1.82) is 0 Å². The summed E-state index contributed by atoms with van der Waals surface area (Å²) >= 11 is 1.19. The maximum atomic E-state index is 12.4. The number of methoxy groups -OCH3 is 1. The van der Waals surface area contributed by atoms with E-state index in [0.717, 1.165) is 18.5 Å². The van der Waals surface area contributed by atoms with Crippen LogP contribution < -0.4 is 15.2 Å². The van der Waals surface area contributed by atoms with Crippen LogP contribution in [0, 0.1) is 0 Å². The lowest BCUT2D eigenvalue weighted by molar-refractivity contribution is -0.274. The van der Waals surface area contributed by atoms with Gasteiger partial charge >= 0.3 is 12.3 Å². The minimum absolute atomic E-state index is 0.00331. The van der Waals surface area contributed by atoms with Gasteiger partial charge in [-0.15, -0.1) is 24.9 Å². The molecule has 0 aliphatic rings. The first-order valence-electron chi connectivity index (χ1n) is 8.08. The molecule has 0 atom stereocenters. The highest BCUT2D eigenvalue weighted by atomic mass is 32.2. The summed E-state index contributed by atoms with van der Waals surface area (Å²) in [4.78, 5) is 19.9. The second-order valence-electron chi connectivity index (χ2n) is 5.51. The summed E-state index contributed by atoms with van der Waals surface area (Å²) in [5.41, 5.74) is 6.12. The molecule has 0 amide bonds. The van der Waals surface area contributed by atoms with E-state index in [4.69, 9.17) is 15.2 Å². The van der Waals surface area contributed by atoms with Crippen LogP contribution in [0.3, 0.4) is 0 Å². The molecular weight excluding hydrogens is 427 g/mol. The van der Waals surface area contributed by atoms with Gasteiger partial charge in [0.1, 0.15) is 34.2 Å². The predicted octanol–water partition coefficient (Wildman–Crippen LogP) is 3.44. The Balaban J connectivity index is 1.90. The van der Waals surface area contributed by atoms with Crippen molar-refractivity contribution in [3.05, 3.63) is 42.2 Å². The van der Waals surface area contributed by atoms with Crippen molar-refractivity contribution in [2.75, 3.05) is 19.1 Å². The molecule has 0 saturated heterocycles. The Morgan fingerprint density at radius 2 is 1.93 bits per heavy atom. The zero-order valence-electron chi connectivity index (χ0n) is 15.5. The highest BCUT2D eigenvalue weighted by Crippen LogP contribution is 2.30. The lowest BCUT2D eigenvalue weighted by atomic mass is 10.3. The third-order valence-corrected chi connectivity index (χ3v) is 4.25. The van der Waals surface area contributed by atoms with Crippen LogP contribution in [-0.4, -0.2) is 45.4 Å². The molecule has 3 aromatic rings. The molecule has 0 bridgehead atoms. The number of benzene rings is 1. The van der Waals surface area contributed by atoms with Gasteiger partial charge in [0, 0.05) is 12.1 Å². The molecule has 0 aliphatic carbocycles. The molecule has 13 heteroatoms. The third-order valence-electron chi connectivity index (χ3n) is 3.58. The summed E-state index contributed by atoms with van der Waals surface area (Å²) in [7, 11) is 1.22. The molecule has 0 saturated carbocycles. The molecule has 0 aliphatic heterocycles. The maximum Gasteiger partial charge on any atom is 0.573 e. The fraction of sp³-hybridized carbons (Fsp3) is 0.176. The first kappa shape index (κ1) is 21.2. The predicted molar refractivity (Wildman–Crippen MR) is 99.9 cm³/mol. The lowest BCUT2D eigenvalue weighted by Crippen LogP contribution is -2.17. The summed E-state index contributed by atoms with van der Waals surface area (Å²) in [6.45, 7) is 0. The van der Waals surface area contributed by atoms with E-state index in [-0.39, 0.29) is 28.8 Å². The molecule has 2 N–H and O–H groups in total. The number of ether oxygens (including phenoxy) is 3. The molecule has 1 aromatic carbocycles. The maximum absolute atomic E-state index is 12.4. The second kappa shape index (κ2) is 8.49. The van der Waals surface area contributed by atoms with Crippen molar-refractivity contribution in [3.63, 3.8) is 0 Å². The molecule has 0 fully saturated rings. The Morgan fingerprint density at radius 3 is 2.60 bits per heavy atom. The summed E-state index contributed by atoms with van der Waals surface area (Å²) in [6, 6.07) is 6.30. The van der Waals surface area contributed by atoms with Crippen LogP contribution in [0.4, 0.5) is 19.0 Å². The number of hydrogen-bond acceptors (Lipinski definition) is 9. The van der Waals surface area contributed by atoms with E-state index in [1.807, 2.05) is 0 Å². The number of anilines is 1. The van der Waals surface area contributed by atoms with Gasteiger partial charge in [0.2, 0.25) is 5.88 Å². The van der Waals surface area contributed by atoms with Gasteiger partial charge in [0.25, 0.3) is 0 Å². The molecular formula is C17H14F3N5O4S. The fourth-order valence-corrected chi connectivity index (χ4v) is 2.93. The van der Waals surface area contributed by atoms with Crippen LogP contribution in [-0.2, 0) is 4.74 Å². The van der Waals surface area contributed by atoms with E-state index in [1.165, 1.54) is 41.8 Å². The van der Waals surface area contributed by atoms with Crippen molar-refractivity contribution in [2.24, 2.45) is 0 Å². The lowest BCUT2D eigenvalue weighted by Gasteiger charge is -2.11. The van der Waals surface area contributed by atoms with E-state index >= 15 is 0 Å². The monoisotopic (exact) mass is 441 g/mol. The molecule has 0 radical (unpaired) electrons. The standard InChI is InChI=1S/C17H14F3N5O4S/c1-27-16(26)13-14(21)25(24-15(13)30-2)11-7-12(23-8-22-11)28-9-4-3-5-10(6-9)29-17(18,19)20/h3-8H,21H2,1-2H3. The van der Waals surface area contributed by atoms with Gasteiger partial charge in [0.15, 0.2) is 5.82 Å². The van der Waals surface area contributed by atoms with E-state index in [1.54, 1.807) is 6.26 Å². The van der Waals surface area contributed by atoms with Gasteiger partial charge in [-0.05, 0) is 18.4 Å². The normalized spacial score (nSPS) is 11.2. The molecule has 2 heterocycles. The van der Waals surface area contributed by atoms with E-state index < -0.39 is 18.1 Å². The Hall–Kier alpha value is -3.48. The molecule has 2 aromatic heterocycles. The van der Waals surface area contributed by atoms with Crippen LogP contribution >= 0.6 is 11.8 Å². The largest absolute Gasteiger partial charge is 0.573 e. The second-order valence-corrected chi connectivity index (χ2v) is 6.31. The molecule has 158 valence electrons. The van der Waals surface area contributed by atoms with Crippen LogP contribution in [0.5, 0.6) is 17.4 Å². The molecule has 30 heavy (non-hydrogen) atoms. The quantitative estimate of drug-likeness (QED) is 0.454. The first-order chi connectivity index (χ1) is 14.2. The Labute approximate surface area is 172 Å². The van der Waals surface area contributed by atoms with Crippen molar-refractivity contribution in [3.8, 4) is 23.2 Å². The Kier molecular flexibility index (Phi) is 6.01. The summed E-state index contributed by atoms with van der Waals surface area (Å²) in [5.74, 6) is -0.880. The van der Waals surface area contributed by atoms with E-state index in [9.17, 15) is 18.0 Å². The van der Waals surface area contributed by atoms with Crippen molar-refractivity contribution < 1.29 is 32.2 Å². The first-order valence-corrected chi connectivity index (χ1v) is 9.31. The molecule has 9 nitrogen and oxygen atoms in total. The minimum Gasteiger partial charge on any atom is -0.465 e. The summed E-state index contributed by atoms with van der Waals surface area (Å²) < 4.78 is 52.4. The van der Waals surface area contributed by atoms with Gasteiger partial charge in [-0.2, -0.15) is 9.78 Å². The Morgan fingerprint density at radius 1 is 1.20 bits per heavy atom. The molecule has 0 spiro atoms. The SMILES string of the molecule is COC(=O)c1c(SC)nn(-c2cc(Oc3cccc(OC(F)(F)F)c3)ncn2)c1N. The highest BCUT2D eigenvalue weighted by molar-refractivity contribution is 7.98. The van der Waals surface area contributed by atoms with Gasteiger partial charge in [0.05, 0.1) is 7.11 Å². The average Bonchev–Trinajstić information content (AvgIpc) is 3.03. The average molecular weight is 441 g/mol. The molecule has 3 rings (SSSR count). The highest BCUT2D eigenvalue weighted by Gasteiger charge is 2.31. The number of halogens is 3. The van der Waals surface area contributed by atoms with Gasteiger partial charge < -0.3 is 19.9 Å². The number of carbonyl (C=O) groups is 1. The summed E-state index contributed by atoms with van der Waals surface area (Å²) in [5, 5.41) is 4.56. The van der Waals surface area contributed by atoms with Crippen LogP contribution in [0.2, 0.25) is 0 Å². The van der Waals surface area contributed by atoms with Crippen molar-refractivity contribution in [1.82, 2.24) is 19.7 Å². The third kappa shape index (κ3) is 4.74. The smallest absolute Gasteiger partial charge is 0.465 e.